The van der Waals surface area contributed by atoms with Gasteiger partial charge in [-0.3, -0.25) is 4.90 Å². The number of aromatic nitrogens is 2. The fourth-order valence-electron chi connectivity index (χ4n) is 2.37. The lowest BCUT2D eigenvalue weighted by atomic mass is 10.1. The van der Waals surface area contributed by atoms with Crippen LogP contribution in [0.25, 0.3) is 11.4 Å². The van der Waals surface area contributed by atoms with Crippen LogP contribution < -0.4 is 5.73 Å². The van der Waals surface area contributed by atoms with Gasteiger partial charge >= 0.3 is 0 Å². The Morgan fingerprint density at radius 3 is 2.95 bits per heavy atom. The van der Waals surface area contributed by atoms with E-state index < -0.39 is 0 Å². The lowest BCUT2D eigenvalue weighted by molar-refractivity contribution is 0.189. The first kappa shape index (κ1) is 15.4. The van der Waals surface area contributed by atoms with Crippen molar-refractivity contribution in [3.8, 4) is 11.4 Å². The summed E-state index contributed by atoms with van der Waals surface area (Å²) in [4.78, 5) is 6.66. The summed E-state index contributed by atoms with van der Waals surface area (Å²) in [7, 11) is 2.07. The third kappa shape index (κ3) is 3.38. The highest BCUT2D eigenvalue weighted by atomic mass is 35.5. The second kappa shape index (κ2) is 6.67. The van der Waals surface area contributed by atoms with Crippen LogP contribution in [0.3, 0.4) is 0 Å². The monoisotopic (exact) mass is 314 g/mol. The van der Waals surface area contributed by atoms with E-state index in [0.717, 1.165) is 11.5 Å². The van der Waals surface area contributed by atoms with Crippen molar-refractivity contribution in [1.82, 2.24) is 15.0 Å². The van der Waals surface area contributed by atoms with Crippen molar-refractivity contribution < 1.29 is 4.52 Å². The maximum atomic E-state index is 5.84. The molecule has 110 valence electrons. The van der Waals surface area contributed by atoms with E-state index >= 15 is 0 Å². The number of likely N-dealkylation sites (N-methyl/N-ethyl adjacent to an activating group) is 1. The van der Waals surface area contributed by atoms with Gasteiger partial charge in [-0.2, -0.15) is 16.3 Å². The van der Waals surface area contributed by atoms with E-state index in [1.54, 1.807) is 11.3 Å². The fourth-order valence-corrected chi connectivity index (χ4v) is 3.01. The lowest BCUT2D eigenvalue weighted by Crippen LogP contribution is -2.39. The number of rotatable bonds is 6. The minimum absolute atomic E-state index is 0. The quantitative estimate of drug-likeness (QED) is 0.886. The average Bonchev–Trinajstić information content (AvgIpc) is 2.93. The zero-order valence-corrected chi connectivity index (χ0v) is 13.0. The number of thiophene rings is 1. The molecule has 0 aromatic carbocycles. The van der Waals surface area contributed by atoms with Gasteiger partial charge in [-0.15, -0.1) is 12.4 Å². The molecule has 2 heterocycles. The molecule has 5 nitrogen and oxygen atoms in total. The Morgan fingerprint density at radius 2 is 2.35 bits per heavy atom. The molecule has 1 aliphatic carbocycles. The van der Waals surface area contributed by atoms with Gasteiger partial charge in [0.25, 0.3) is 0 Å². The third-order valence-electron chi connectivity index (χ3n) is 3.61. The molecule has 0 aliphatic heterocycles. The summed E-state index contributed by atoms with van der Waals surface area (Å²) in [6.45, 7) is 1.35. The number of hydrogen-bond acceptors (Lipinski definition) is 6. The SMILES string of the molecule is CN(Cc1nc(-c2ccsc2)no1)C(CN)C1CC1.Cl. The van der Waals surface area contributed by atoms with Gasteiger partial charge in [0.2, 0.25) is 11.7 Å². The molecule has 0 spiro atoms. The maximum Gasteiger partial charge on any atom is 0.241 e. The molecule has 0 radical (unpaired) electrons. The lowest BCUT2D eigenvalue weighted by Gasteiger charge is -2.25. The molecule has 1 aliphatic rings. The van der Waals surface area contributed by atoms with Gasteiger partial charge in [-0.25, -0.2) is 0 Å². The van der Waals surface area contributed by atoms with Crippen LogP contribution in [0.15, 0.2) is 21.3 Å². The number of halogens is 1. The van der Waals surface area contributed by atoms with Gasteiger partial charge in [0.05, 0.1) is 6.54 Å². The van der Waals surface area contributed by atoms with Crippen LogP contribution in [0, 0.1) is 5.92 Å². The van der Waals surface area contributed by atoms with E-state index in [4.69, 9.17) is 10.3 Å². The molecular weight excluding hydrogens is 296 g/mol. The summed E-state index contributed by atoms with van der Waals surface area (Å²) in [5, 5.41) is 8.05. The minimum atomic E-state index is 0. The Bertz CT molecular complexity index is 526. The summed E-state index contributed by atoms with van der Waals surface area (Å²) in [6, 6.07) is 2.42. The highest BCUT2D eigenvalue weighted by Crippen LogP contribution is 2.34. The summed E-state index contributed by atoms with van der Waals surface area (Å²) in [5.74, 6) is 2.07. The van der Waals surface area contributed by atoms with E-state index in [2.05, 4.69) is 22.1 Å². The zero-order valence-electron chi connectivity index (χ0n) is 11.4. The van der Waals surface area contributed by atoms with Crippen LogP contribution in [0.1, 0.15) is 18.7 Å². The van der Waals surface area contributed by atoms with Gasteiger partial charge in [0, 0.05) is 23.5 Å². The minimum Gasteiger partial charge on any atom is -0.338 e. The topological polar surface area (TPSA) is 68.2 Å². The van der Waals surface area contributed by atoms with Crippen molar-refractivity contribution in [2.24, 2.45) is 11.7 Å². The smallest absolute Gasteiger partial charge is 0.241 e. The molecule has 1 fully saturated rings. The first-order valence-corrected chi connectivity index (χ1v) is 7.47. The van der Waals surface area contributed by atoms with Crippen LogP contribution in [-0.4, -0.2) is 34.7 Å². The fraction of sp³-hybridized carbons (Fsp3) is 0.538. The van der Waals surface area contributed by atoms with Gasteiger partial charge in [-0.1, -0.05) is 5.16 Å². The molecule has 1 atom stereocenters. The van der Waals surface area contributed by atoms with Gasteiger partial charge < -0.3 is 10.3 Å². The first-order valence-electron chi connectivity index (χ1n) is 6.53. The van der Waals surface area contributed by atoms with Crippen molar-refractivity contribution in [2.45, 2.75) is 25.4 Å². The standard InChI is InChI=1S/C13H18N4OS.ClH/c1-17(11(6-14)9-2-3-9)7-12-15-13(16-18-12)10-4-5-19-8-10;/h4-5,8-9,11H,2-3,6-7,14H2,1H3;1H. The zero-order chi connectivity index (χ0) is 13.2. The Hall–Kier alpha value is -0.950. The van der Waals surface area contributed by atoms with Crippen molar-refractivity contribution in [2.75, 3.05) is 13.6 Å². The highest BCUT2D eigenvalue weighted by molar-refractivity contribution is 7.08. The van der Waals surface area contributed by atoms with Crippen molar-refractivity contribution in [3.63, 3.8) is 0 Å². The molecule has 0 saturated heterocycles. The predicted octanol–water partition coefficient (Wildman–Crippen LogP) is 2.39. The molecule has 2 aromatic heterocycles. The first-order chi connectivity index (χ1) is 9.28. The second-order valence-electron chi connectivity index (χ2n) is 5.08. The molecule has 20 heavy (non-hydrogen) atoms. The summed E-state index contributed by atoms with van der Waals surface area (Å²) < 4.78 is 5.31. The summed E-state index contributed by atoms with van der Waals surface area (Å²) in [6.07, 6.45) is 2.58. The Balaban J connectivity index is 0.00000147. The maximum absolute atomic E-state index is 5.84. The van der Waals surface area contributed by atoms with E-state index in [9.17, 15) is 0 Å². The molecule has 2 aromatic rings. The third-order valence-corrected chi connectivity index (χ3v) is 4.29. The number of hydrogen-bond donors (Lipinski definition) is 1. The molecule has 0 amide bonds. The van der Waals surface area contributed by atoms with Gasteiger partial charge in [0.1, 0.15) is 0 Å². The average molecular weight is 315 g/mol. The van der Waals surface area contributed by atoms with Crippen LogP contribution >= 0.6 is 23.7 Å². The van der Waals surface area contributed by atoms with E-state index in [0.29, 0.717) is 30.8 Å². The normalized spacial score (nSPS) is 16.1. The molecule has 0 bridgehead atoms. The van der Waals surface area contributed by atoms with Gasteiger partial charge in [0.15, 0.2) is 0 Å². The van der Waals surface area contributed by atoms with Crippen LogP contribution in [0.4, 0.5) is 0 Å². The molecular formula is C13H19ClN4OS. The van der Waals surface area contributed by atoms with Crippen LogP contribution in [0.5, 0.6) is 0 Å². The van der Waals surface area contributed by atoms with E-state index in [1.165, 1.54) is 12.8 Å². The van der Waals surface area contributed by atoms with E-state index in [1.807, 2.05) is 16.8 Å². The molecule has 1 saturated carbocycles. The number of nitrogens with zero attached hydrogens (tertiary/aromatic N) is 3. The molecule has 3 rings (SSSR count). The molecule has 2 N–H and O–H groups in total. The van der Waals surface area contributed by atoms with Crippen molar-refractivity contribution >= 4 is 23.7 Å². The second-order valence-corrected chi connectivity index (χ2v) is 5.86. The Morgan fingerprint density at radius 1 is 1.55 bits per heavy atom. The Kier molecular flexibility index (Phi) is 5.15. The molecule has 1 unspecified atom stereocenters. The largest absolute Gasteiger partial charge is 0.338 e. The van der Waals surface area contributed by atoms with Crippen molar-refractivity contribution in [3.05, 3.63) is 22.7 Å². The van der Waals surface area contributed by atoms with Crippen LogP contribution in [-0.2, 0) is 6.54 Å². The van der Waals surface area contributed by atoms with E-state index in [-0.39, 0.29) is 12.4 Å². The number of nitrogens with two attached hydrogens (primary N) is 1. The molecule has 7 heteroatoms. The van der Waals surface area contributed by atoms with Gasteiger partial charge in [-0.05, 0) is 37.3 Å². The summed E-state index contributed by atoms with van der Waals surface area (Å²) >= 11 is 1.63. The Labute approximate surface area is 128 Å². The summed E-state index contributed by atoms with van der Waals surface area (Å²) in [5.41, 5.74) is 6.86. The highest BCUT2D eigenvalue weighted by Gasteiger charge is 2.33. The van der Waals surface area contributed by atoms with Crippen molar-refractivity contribution in [1.29, 1.82) is 0 Å². The predicted molar refractivity (Wildman–Crippen MR) is 81.9 cm³/mol. The van der Waals surface area contributed by atoms with Crippen LogP contribution in [0.2, 0.25) is 0 Å².